The Morgan fingerprint density at radius 2 is 1.30 bits per heavy atom. The quantitative estimate of drug-likeness (QED) is 0.639. The zero-order valence-corrected chi connectivity index (χ0v) is 11.3. The third-order valence-electron chi connectivity index (χ3n) is 3.07. The molecule has 0 radical (unpaired) electrons. The molecule has 0 fully saturated rings. The second kappa shape index (κ2) is 5.66. The predicted molar refractivity (Wildman–Crippen MR) is 81.1 cm³/mol. The van der Waals surface area contributed by atoms with Gasteiger partial charge in [0.15, 0.2) is 0 Å². The summed E-state index contributed by atoms with van der Waals surface area (Å²) in [5, 5.41) is 2.37. The van der Waals surface area contributed by atoms with Crippen molar-refractivity contribution in [2.75, 3.05) is 0 Å². The van der Waals surface area contributed by atoms with Gasteiger partial charge in [0.1, 0.15) is 11.5 Å². The van der Waals surface area contributed by atoms with Crippen molar-refractivity contribution in [2.24, 2.45) is 0 Å². The molecule has 3 aromatic carbocycles. The van der Waals surface area contributed by atoms with Crippen molar-refractivity contribution in [1.82, 2.24) is 0 Å². The molecule has 3 aromatic rings. The molecule has 0 bridgehead atoms. The molecule has 0 N–H and O–H groups in total. The highest BCUT2D eigenvalue weighted by Gasteiger charge is 2.05. The summed E-state index contributed by atoms with van der Waals surface area (Å²) in [6.07, 6.45) is -0.335. The Balaban J connectivity index is 1.72. The summed E-state index contributed by atoms with van der Waals surface area (Å²) in [6, 6.07) is 23.9. The van der Waals surface area contributed by atoms with Crippen LogP contribution in [-0.2, 0) is 0 Å². The number of ether oxygens (including phenoxy) is 2. The molecule has 2 nitrogen and oxygen atoms in total. The number of fused-ring (bicyclic) bond motifs is 1. The van der Waals surface area contributed by atoms with Gasteiger partial charge in [-0.2, -0.15) is 0 Å². The van der Waals surface area contributed by atoms with Crippen LogP contribution in [0.4, 0.5) is 0 Å². The number of hydrogen-bond donors (Lipinski definition) is 0. The summed E-state index contributed by atoms with van der Waals surface area (Å²) in [6.45, 7) is 1.89. The molecule has 0 aliphatic rings. The summed E-state index contributed by atoms with van der Waals surface area (Å²) in [7, 11) is 0. The van der Waals surface area contributed by atoms with Crippen molar-refractivity contribution in [1.29, 1.82) is 0 Å². The van der Waals surface area contributed by atoms with E-state index in [4.69, 9.17) is 9.47 Å². The fraction of sp³-hybridized carbons (Fsp3) is 0.111. The lowest BCUT2D eigenvalue weighted by atomic mass is 10.1. The second-order valence-corrected chi connectivity index (χ2v) is 4.63. The largest absolute Gasteiger partial charge is 0.455 e. The fourth-order valence-electron chi connectivity index (χ4n) is 2.15. The summed E-state index contributed by atoms with van der Waals surface area (Å²) in [5.41, 5.74) is 0. The Bertz CT molecular complexity index is 692. The van der Waals surface area contributed by atoms with Gasteiger partial charge in [-0.3, -0.25) is 0 Å². The van der Waals surface area contributed by atoms with E-state index in [1.165, 1.54) is 5.39 Å². The van der Waals surface area contributed by atoms with Gasteiger partial charge in [0.2, 0.25) is 6.29 Å². The van der Waals surface area contributed by atoms with Gasteiger partial charge in [0.25, 0.3) is 0 Å². The van der Waals surface area contributed by atoms with E-state index < -0.39 is 0 Å². The van der Waals surface area contributed by atoms with Gasteiger partial charge in [-0.1, -0.05) is 48.5 Å². The molecular formula is C18H16O2. The van der Waals surface area contributed by atoms with Gasteiger partial charge in [-0.15, -0.1) is 0 Å². The molecule has 3 rings (SSSR count). The Morgan fingerprint density at radius 3 is 2.10 bits per heavy atom. The SMILES string of the molecule is CC(Oc1ccccc1)Oc1ccc2ccccc2c1. The van der Waals surface area contributed by atoms with Gasteiger partial charge in [-0.05, 0) is 35.0 Å². The maximum absolute atomic E-state index is 5.80. The summed E-state index contributed by atoms with van der Waals surface area (Å²) in [4.78, 5) is 0. The first-order valence-electron chi connectivity index (χ1n) is 6.68. The Labute approximate surface area is 118 Å². The van der Waals surface area contributed by atoms with Gasteiger partial charge < -0.3 is 9.47 Å². The predicted octanol–water partition coefficient (Wildman–Crippen LogP) is 4.64. The molecule has 0 amide bonds. The zero-order valence-electron chi connectivity index (χ0n) is 11.3. The van der Waals surface area contributed by atoms with E-state index >= 15 is 0 Å². The molecule has 1 unspecified atom stereocenters. The van der Waals surface area contributed by atoms with E-state index in [1.54, 1.807) is 0 Å². The van der Waals surface area contributed by atoms with Crippen LogP contribution in [0, 0.1) is 0 Å². The van der Waals surface area contributed by atoms with Crippen LogP contribution >= 0.6 is 0 Å². The first-order valence-corrected chi connectivity index (χ1v) is 6.68. The third-order valence-corrected chi connectivity index (χ3v) is 3.07. The Morgan fingerprint density at radius 1 is 0.650 bits per heavy atom. The van der Waals surface area contributed by atoms with Crippen LogP contribution in [0.2, 0.25) is 0 Å². The average Bonchev–Trinajstić information content (AvgIpc) is 2.48. The van der Waals surface area contributed by atoms with Crippen molar-refractivity contribution in [3.63, 3.8) is 0 Å². The first kappa shape index (κ1) is 12.5. The van der Waals surface area contributed by atoms with E-state index in [1.807, 2.05) is 61.5 Å². The number of benzene rings is 3. The Hall–Kier alpha value is -2.48. The molecule has 0 saturated carbocycles. The second-order valence-electron chi connectivity index (χ2n) is 4.63. The molecule has 0 spiro atoms. The molecule has 100 valence electrons. The van der Waals surface area contributed by atoms with Crippen LogP contribution in [0.15, 0.2) is 72.8 Å². The highest BCUT2D eigenvalue weighted by molar-refractivity contribution is 5.83. The molecular weight excluding hydrogens is 248 g/mol. The minimum absolute atomic E-state index is 0.335. The van der Waals surface area contributed by atoms with E-state index in [-0.39, 0.29) is 6.29 Å². The maximum atomic E-state index is 5.80. The number of para-hydroxylation sites is 1. The molecule has 1 atom stereocenters. The monoisotopic (exact) mass is 264 g/mol. The standard InChI is InChI=1S/C18H16O2/c1-14(19-17-9-3-2-4-10-17)20-18-12-11-15-7-5-6-8-16(15)13-18/h2-14H,1H3. The van der Waals surface area contributed by atoms with Crippen LogP contribution < -0.4 is 9.47 Å². The molecule has 0 aliphatic heterocycles. The minimum atomic E-state index is -0.335. The van der Waals surface area contributed by atoms with Gasteiger partial charge in [0.05, 0.1) is 0 Å². The summed E-state index contributed by atoms with van der Waals surface area (Å²) >= 11 is 0. The van der Waals surface area contributed by atoms with Gasteiger partial charge in [0, 0.05) is 6.92 Å². The van der Waals surface area contributed by atoms with Crippen LogP contribution in [0.5, 0.6) is 11.5 Å². The number of hydrogen-bond acceptors (Lipinski definition) is 2. The van der Waals surface area contributed by atoms with E-state index in [2.05, 4.69) is 18.2 Å². The lowest BCUT2D eigenvalue weighted by Gasteiger charge is -2.16. The van der Waals surface area contributed by atoms with E-state index in [0.29, 0.717) is 0 Å². The smallest absolute Gasteiger partial charge is 0.238 e. The molecule has 0 saturated heterocycles. The lowest BCUT2D eigenvalue weighted by Crippen LogP contribution is -2.19. The van der Waals surface area contributed by atoms with Crippen molar-refractivity contribution in [2.45, 2.75) is 13.2 Å². The van der Waals surface area contributed by atoms with Crippen molar-refractivity contribution in [3.05, 3.63) is 72.8 Å². The molecule has 20 heavy (non-hydrogen) atoms. The maximum Gasteiger partial charge on any atom is 0.238 e. The first-order chi connectivity index (χ1) is 9.81. The minimum Gasteiger partial charge on any atom is -0.455 e. The highest BCUT2D eigenvalue weighted by Crippen LogP contribution is 2.22. The third kappa shape index (κ3) is 2.91. The fourth-order valence-corrected chi connectivity index (χ4v) is 2.15. The normalized spacial score (nSPS) is 12.1. The van der Waals surface area contributed by atoms with Gasteiger partial charge >= 0.3 is 0 Å². The van der Waals surface area contributed by atoms with Crippen LogP contribution in [0.25, 0.3) is 10.8 Å². The average molecular weight is 264 g/mol. The highest BCUT2D eigenvalue weighted by atomic mass is 16.7. The summed E-state index contributed by atoms with van der Waals surface area (Å²) < 4.78 is 11.5. The summed E-state index contributed by atoms with van der Waals surface area (Å²) in [5.74, 6) is 1.62. The van der Waals surface area contributed by atoms with Crippen molar-refractivity contribution >= 4 is 10.8 Å². The molecule has 2 heteroatoms. The topological polar surface area (TPSA) is 18.5 Å². The van der Waals surface area contributed by atoms with Crippen LogP contribution in [0.1, 0.15) is 6.92 Å². The zero-order chi connectivity index (χ0) is 13.8. The van der Waals surface area contributed by atoms with Crippen LogP contribution in [-0.4, -0.2) is 6.29 Å². The number of rotatable bonds is 4. The van der Waals surface area contributed by atoms with Crippen LogP contribution in [0.3, 0.4) is 0 Å². The molecule has 0 aromatic heterocycles. The van der Waals surface area contributed by atoms with Gasteiger partial charge in [-0.25, -0.2) is 0 Å². The van der Waals surface area contributed by atoms with Crippen molar-refractivity contribution < 1.29 is 9.47 Å². The molecule has 0 heterocycles. The lowest BCUT2D eigenvalue weighted by molar-refractivity contribution is 0.0224. The Kier molecular flexibility index (Phi) is 3.55. The van der Waals surface area contributed by atoms with E-state index in [9.17, 15) is 0 Å². The van der Waals surface area contributed by atoms with E-state index in [0.717, 1.165) is 16.9 Å². The van der Waals surface area contributed by atoms with Crippen molar-refractivity contribution in [3.8, 4) is 11.5 Å². The molecule has 0 aliphatic carbocycles.